The number of rotatable bonds is 17. The van der Waals surface area contributed by atoms with Crippen molar-refractivity contribution in [1.82, 2.24) is 19.4 Å². The van der Waals surface area contributed by atoms with Gasteiger partial charge in [0.15, 0.2) is 0 Å². The van der Waals surface area contributed by atoms with Gasteiger partial charge < -0.3 is 25.0 Å². The average molecular weight is 1000 g/mol. The highest BCUT2D eigenvalue weighted by molar-refractivity contribution is 7.99. The van der Waals surface area contributed by atoms with E-state index in [0.717, 1.165) is 88.3 Å². The van der Waals surface area contributed by atoms with Crippen LogP contribution in [0.1, 0.15) is 69.3 Å². The van der Waals surface area contributed by atoms with Gasteiger partial charge in [-0.3, -0.25) is 24.7 Å². The summed E-state index contributed by atoms with van der Waals surface area (Å²) in [5.41, 5.74) is 4.26. The van der Waals surface area contributed by atoms with Crippen LogP contribution < -0.4 is 14.9 Å². The third-order valence-electron chi connectivity index (χ3n) is 12.9. The van der Waals surface area contributed by atoms with E-state index in [1.165, 1.54) is 40.6 Å². The third kappa shape index (κ3) is 14.2. The molecule has 69 heavy (non-hydrogen) atoms. The number of hydrogen-bond acceptors (Lipinski definition) is 13. The lowest BCUT2D eigenvalue weighted by molar-refractivity contribution is -0.384. The van der Waals surface area contributed by atoms with E-state index < -0.39 is 37.0 Å². The highest BCUT2D eigenvalue weighted by Crippen LogP contribution is 2.44. The minimum atomic E-state index is -4.48. The number of carbonyl (C=O) groups excluding carboxylic acids is 2. The number of carbonyl (C=O) groups is 2. The molecule has 2 fully saturated rings. The molecule has 18 heteroatoms. The van der Waals surface area contributed by atoms with Gasteiger partial charge in [-0.15, -0.1) is 11.8 Å². The smallest absolute Gasteiger partial charge is 0.410 e. The van der Waals surface area contributed by atoms with Gasteiger partial charge in [-0.1, -0.05) is 54.4 Å². The van der Waals surface area contributed by atoms with Crippen molar-refractivity contribution in [2.75, 3.05) is 88.0 Å². The Morgan fingerprint density at radius 2 is 1.58 bits per heavy atom. The Morgan fingerprint density at radius 1 is 0.913 bits per heavy atom. The van der Waals surface area contributed by atoms with Gasteiger partial charge in [0.25, 0.3) is 21.6 Å². The molecule has 0 saturated carbocycles. The van der Waals surface area contributed by atoms with Crippen LogP contribution in [0, 0.1) is 15.5 Å². The van der Waals surface area contributed by atoms with Gasteiger partial charge in [0, 0.05) is 111 Å². The number of anilines is 2. The Labute approximate surface area is 415 Å². The zero-order valence-corrected chi connectivity index (χ0v) is 42.3. The number of nitrogens with zero attached hydrogens (tertiary/aromatic N) is 5. The fourth-order valence-corrected chi connectivity index (χ4v) is 11.4. The summed E-state index contributed by atoms with van der Waals surface area (Å²) in [6, 6.07) is 27.7. The zero-order chi connectivity index (χ0) is 49.3. The summed E-state index contributed by atoms with van der Waals surface area (Å²) in [7, 11) is -4.48. The summed E-state index contributed by atoms with van der Waals surface area (Å²) in [6.45, 7) is 15.8. The molecule has 7 rings (SSSR count). The third-order valence-corrected chi connectivity index (χ3v) is 15.6. The van der Waals surface area contributed by atoms with Crippen LogP contribution in [0.25, 0.3) is 5.57 Å². The van der Waals surface area contributed by atoms with E-state index in [9.17, 15) is 33.2 Å². The number of amides is 2. The fourth-order valence-electron chi connectivity index (χ4n) is 9.29. The van der Waals surface area contributed by atoms with Gasteiger partial charge in [-0.05, 0) is 124 Å². The lowest BCUT2D eigenvalue weighted by Crippen LogP contribution is -2.52. The van der Waals surface area contributed by atoms with Crippen LogP contribution in [-0.2, 0) is 14.8 Å². The molecule has 2 saturated heterocycles. The maximum absolute atomic E-state index is 13.4. The SMILES string of the molecule is CC(C)(C)OC(=O)N1CCN(C[C@]2(C)CCC(c3ccc(Cl)cc3)=C(CN3CCN(c4ccc(C(=O)NS(=O)(=O)c5ccc(NC(CCO)CSc6ccccc6)c([N+](=O)[O-])c5)cc4)CC3)C2)CC1. The number of ether oxygens (including phenoxy) is 1. The molecular formula is C51H64ClN7O8S2. The number of allylic oxidation sites excluding steroid dienone is 1. The van der Waals surface area contributed by atoms with Gasteiger partial charge in [-0.25, -0.2) is 17.9 Å². The average Bonchev–Trinajstić information content (AvgIpc) is 3.31. The molecule has 2 amide bonds. The van der Waals surface area contributed by atoms with Gasteiger partial charge in [0.2, 0.25) is 0 Å². The number of nitrogens with one attached hydrogen (secondary N) is 2. The lowest BCUT2D eigenvalue weighted by atomic mass is 9.71. The number of benzene rings is 4. The largest absolute Gasteiger partial charge is 0.444 e. The van der Waals surface area contributed by atoms with E-state index in [4.69, 9.17) is 16.3 Å². The first-order valence-corrected chi connectivity index (χ1v) is 26.4. The van der Waals surface area contributed by atoms with Crippen LogP contribution >= 0.6 is 23.4 Å². The highest BCUT2D eigenvalue weighted by atomic mass is 35.5. The molecule has 2 atom stereocenters. The second-order valence-electron chi connectivity index (χ2n) is 19.5. The van der Waals surface area contributed by atoms with Gasteiger partial charge >= 0.3 is 6.09 Å². The number of hydrogen-bond donors (Lipinski definition) is 3. The second-order valence-corrected chi connectivity index (χ2v) is 22.7. The Hall–Kier alpha value is -5.17. The molecule has 15 nitrogen and oxygen atoms in total. The van der Waals surface area contributed by atoms with Crippen molar-refractivity contribution in [2.45, 2.75) is 74.8 Å². The van der Waals surface area contributed by atoms with Crippen LogP contribution in [0.4, 0.5) is 21.9 Å². The molecule has 2 heterocycles. The molecular weight excluding hydrogens is 938 g/mol. The van der Waals surface area contributed by atoms with Crippen LogP contribution in [0.15, 0.2) is 112 Å². The summed E-state index contributed by atoms with van der Waals surface area (Å²) in [5, 5.41) is 25.6. The lowest BCUT2D eigenvalue weighted by Gasteiger charge is -2.44. The monoisotopic (exact) mass is 1000 g/mol. The van der Waals surface area contributed by atoms with Crippen LogP contribution in [-0.4, -0.2) is 135 Å². The topological polar surface area (TPSA) is 178 Å². The van der Waals surface area contributed by atoms with E-state index in [0.29, 0.717) is 30.3 Å². The summed E-state index contributed by atoms with van der Waals surface area (Å²) in [4.78, 5) is 47.2. The quantitative estimate of drug-likeness (QED) is 0.0521. The van der Waals surface area contributed by atoms with Gasteiger partial charge in [-0.2, -0.15) is 0 Å². The number of aliphatic hydroxyl groups excluding tert-OH is 1. The van der Waals surface area contributed by atoms with Crippen molar-refractivity contribution in [3.8, 4) is 0 Å². The first-order valence-electron chi connectivity index (χ1n) is 23.5. The molecule has 0 bridgehead atoms. The minimum Gasteiger partial charge on any atom is -0.444 e. The molecule has 2 aliphatic heterocycles. The van der Waals surface area contributed by atoms with E-state index in [-0.39, 0.29) is 35.4 Å². The highest BCUT2D eigenvalue weighted by Gasteiger charge is 2.36. The maximum atomic E-state index is 13.4. The summed E-state index contributed by atoms with van der Waals surface area (Å²) in [5.74, 6) is -0.358. The summed E-state index contributed by atoms with van der Waals surface area (Å²) in [6.07, 6.45) is 3.07. The van der Waals surface area contributed by atoms with Crippen molar-refractivity contribution in [2.24, 2.45) is 5.41 Å². The standard InChI is InChI=1S/C51H64ClN7O8S2/c1-50(2,3)67-49(62)58-29-25-56(26-30-58)36-51(4)22-20-45(37-10-14-40(52)15-11-37)39(33-51)34-55-23-27-57(28-24-55)42-16-12-38(13-17-42)48(61)54-69(65,66)44-18-19-46(47(32-44)59(63)64)53-41(21-31-60)35-68-43-8-6-5-7-9-43/h5-19,32,41,53,60H,20-31,33-36H2,1-4H3,(H,54,61)/t41?,51-/m1/s1. The zero-order valence-electron chi connectivity index (χ0n) is 39.9. The molecule has 0 aromatic heterocycles. The number of halogens is 1. The van der Waals surface area contributed by atoms with Crippen LogP contribution in [0.2, 0.25) is 5.02 Å². The molecule has 1 unspecified atom stereocenters. The van der Waals surface area contributed by atoms with E-state index in [1.54, 1.807) is 12.1 Å². The first-order chi connectivity index (χ1) is 32.9. The molecule has 0 spiro atoms. The fraction of sp³-hybridized carbons (Fsp3) is 0.451. The number of sulfonamides is 1. The predicted octanol–water partition coefficient (Wildman–Crippen LogP) is 8.64. The number of aliphatic hydroxyl groups is 1. The number of nitro groups is 1. The number of nitro benzene ring substituents is 1. The Balaban J connectivity index is 0.944. The number of thioether (sulfide) groups is 1. The summed E-state index contributed by atoms with van der Waals surface area (Å²) < 4.78 is 34.6. The van der Waals surface area contributed by atoms with Crippen molar-refractivity contribution in [1.29, 1.82) is 0 Å². The van der Waals surface area contributed by atoms with Crippen LogP contribution in [0.3, 0.4) is 0 Å². The molecule has 4 aromatic rings. The van der Waals surface area contributed by atoms with Crippen molar-refractivity contribution in [3.05, 3.63) is 129 Å². The van der Waals surface area contributed by atoms with Gasteiger partial charge in [0.1, 0.15) is 11.3 Å². The van der Waals surface area contributed by atoms with Gasteiger partial charge in [0.05, 0.1) is 9.82 Å². The second kappa shape index (κ2) is 22.7. The minimum absolute atomic E-state index is 0.0713. The molecule has 0 radical (unpaired) electrons. The van der Waals surface area contributed by atoms with Crippen LogP contribution in [0.5, 0.6) is 0 Å². The van der Waals surface area contributed by atoms with Crippen molar-refractivity contribution >= 4 is 68.0 Å². The normalized spacial score (nSPS) is 19.0. The van der Waals surface area contributed by atoms with Crippen molar-refractivity contribution in [3.63, 3.8) is 0 Å². The van der Waals surface area contributed by atoms with E-state index >= 15 is 0 Å². The molecule has 3 aliphatic rings. The molecule has 1 aliphatic carbocycles. The predicted molar refractivity (Wildman–Crippen MR) is 274 cm³/mol. The molecule has 370 valence electrons. The first kappa shape index (κ1) is 51.7. The summed E-state index contributed by atoms with van der Waals surface area (Å²) >= 11 is 7.84. The van der Waals surface area contributed by atoms with E-state index in [1.807, 2.05) is 80.3 Å². The number of piperazine rings is 2. The Bertz CT molecular complexity index is 2560. The Kier molecular flexibility index (Phi) is 17.0. The van der Waals surface area contributed by atoms with Crippen molar-refractivity contribution < 1.29 is 32.8 Å². The van der Waals surface area contributed by atoms with E-state index in [2.05, 4.69) is 43.8 Å². The molecule has 4 aromatic carbocycles. The Morgan fingerprint density at radius 3 is 2.22 bits per heavy atom. The maximum Gasteiger partial charge on any atom is 0.410 e. The molecule has 3 N–H and O–H groups in total.